The highest BCUT2D eigenvalue weighted by atomic mass is 19.1. The molecule has 1 amide bonds. The molecule has 0 aromatic heterocycles. The maximum atomic E-state index is 13.5. The minimum absolute atomic E-state index is 0.185. The number of aliphatic hydroxyl groups excluding tert-OH is 1. The van der Waals surface area contributed by atoms with Gasteiger partial charge < -0.3 is 10.4 Å². The number of hydrogen-bond donors (Lipinski definition) is 2. The molecular formula is C14H17F2NO2. The van der Waals surface area contributed by atoms with Gasteiger partial charge in [0.25, 0.3) is 5.91 Å². The third-order valence-electron chi connectivity index (χ3n) is 3.67. The van der Waals surface area contributed by atoms with Gasteiger partial charge in [0.1, 0.15) is 11.6 Å². The molecule has 1 aliphatic rings. The van der Waals surface area contributed by atoms with Crippen LogP contribution in [0.3, 0.4) is 0 Å². The highest BCUT2D eigenvalue weighted by Crippen LogP contribution is 2.28. The Morgan fingerprint density at radius 1 is 1.26 bits per heavy atom. The Bertz CT molecular complexity index is 471. The average Bonchev–Trinajstić information content (AvgIpc) is 2.42. The van der Waals surface area contributed by atoms with Gasteiger partial charge in [-0.25, -0.2) is 8.78 Å². The van der Waals surface area contributed by atoms with Crippen molar-refractivity contribution in [3.8, 4) is 0 Å². The fourth-order valence-electron chi connectivity index (χ4n) is 2.53. The van der Waals surface area contributed by atoms with Crippen molar-refractivity contribution >= 4 is 5.91 Å². The maximum absolute atomic E-state index is 13.5. The average molecular weight is 269 g/mol. The molecule has 5 heteroatoms. The van der Waals surface area contributed by atoms with Crippen LogP contribution in [-0.4, -0.2) is 23.2 Å². The smallest absolute Gasteiger partial charge is 0.254 e. The fourth-order valence-corrected chi connectivity index (χ4v) is 2.53. The zero-order chi connectivity index (χ0) is 13.9. The van der Waals surface area contributed by atoms with Crippen molar-refractivity contribution in [1.82, 2.24) is 5.32 Å². The van der Waals surface area contributed by atoms with Crippen molar-refractivity contribution in [2.24, 2.45) is 0 Å². The van der Waals surface area contributed by atoms with Crippen LogP contribution in [0, 0.1) is 11.6 Å². The first-order valence-electron chi connectivity index (χ1n) is 6.45. The molecule has 0 spiro atoms. The molecule has 2 N–H and O–H groups in total. The van der Waals surface area contributed by atoms with E-state index in [-0.39, 0.29) is 12.2 Å². The number of nitrogens with one attached hydrogen (secondary N) is 1. The molecule has 1 saturated carbocycles. The molecule has 1 aromatic rings. The fraction of sp³-hybridized carbons (Fsp3) is 0.500. The Hall–Kier alpha value is -1.49. The van der Waals surface area contributed by atoms with Gasteiger partial charge in [-0.3, -0.25) is 4.79 Å². The van der Waals surface area contributed by atoms with E-state index in [2.05, 4.69) is 5.32 Å². The third kappa shape index (κ3) is 3.10. The van der Waals surface area contributed by atoms with E-state index >= 15 is 0 Å². The lowest BCUT2D eigenvalue weighted by molar-refractivity contribution is 0.0754. The molecule has 0 saturated heterocycles. The number of amides is 1. The molecule has 1 aliphatic carbocycles. The summed E-state index contributed by atoms with van der Waals surface area (Å²) in [7, 11) is 0. The van der Waals surface area contributed by atoms with Gasteiger partial charge >= 0.3 is 0 Å². The zero-order valence-electron chi connectivity index (χ0n) is 10.6. The summed E-state index contributed by atoms with van der Waals surface area (Å²) < 4.78 is 26.6. The van der Waals surface area contributed by atoms with E-state index in [1.165, 1.54) is 0 Å². The molecule has 0 radical (unpaired) electrons. The Balaban J connectivity index is 2.17. The van der Waals surface area contributed by atoms with E-state index in [0.29, 0.717) is 12.8 Å². The second-order valence-corrected chi connectivity index (χ2v) is 5.08. The Labute approximate surface area is 110 Å². The van der Waals surface area contributed by atoms with Crippen LogP contribution in [-0.2, 0) is 0 Å². The second kappa shape index (κ2) is 5.65. The molecule has 104 valence electrons. The summed E-state index contributed by atoms with van der Waals surface area (Å²) >= 11 is 0. The van der Waals surface area contributed by atoms with Crippen LogP contribution in [0.1, 0.15) is 42.5 Å². The van der Waals surface area contributed by atoms with Crippen molar-refractivity contribution in [2.45, 2.75) is 37.6 Å². The van der Waals surface area contributed by atoms with E-state index in [9.17, 15) is 18.7 Å². The predicted octanol–water partition coefficient (Wildman–Crippen LogP) is 2.39. The summed E-state index contributed by atoms with van der Waals surface area (Å²) in [5.74, 6) is -2.09. The number of rotatable bonds is 3. The van der Waals surface area contributed by atoms with Crippen LogP contribution >= 0.6 is 0 Å². The first-order valence-corrected chi connectivity index (χ1v) is 6.45. The first kappa shape index (κ1) is 13.9. The molecule has 19 heavy (non-hydrogen) atoms. The van der Waals surface area contributed by atoms with Crippen LogP contribution in [0.4, 0.5) is 8.78 Å². The van der Waals surface area contributed by atoms with Crippen molar-refractivity contribution < 1.29 is 18.7 Å². The number of halogens is 2. The Morgan fingerprint density at radius 3 is 2.58 bits per heavy atom. The highest BCUT2D eigenvalue weighted by Gasteiger charge is 2.33. The van der Waals surface area contributed by atoms with Gasteiger partial charge in [-0.1, -0.05) is 19.3 Å². The van der Waals surface area contributed by atoms with Gasteiger partial charge in [0, 0.05) is 0 Å². The van der Waals surface area contributed by atoms with Gasteiger partial charge in [0.15, 0.2) is 0 Å². The molecule has 1 fully saturated rings. The molecule has 3 nitrogen and oxygen atoms in total. The van der Waals surface area contributed by atoms with Crippen LogP contribution in [0.2, 0.25) is 0 Å². The predicted molar refractivity (Wildman–Crippen MR) is 66.7 cm³/mol. The van der Waals surface area contributed by atoms with Crippen molar-refractivity contribution in [1.29, 1.82) is 0 Å². The number of carbonyl (C=O) groups is 1. The van der Waals surface area contributed by atoms with Crippen molar-refractivity contribution in [3.63, 3.8) is 0 Å². The standard InChI is InChI=1S/C14H17F2NO2/c15-10-4-5-12(16)11(8-10)13(19)17-14(9-18)6-2-1-3-7-14/h4-5,8,18H,1-3,6-7,9H2,(H,17,19). The van der Waals surface area contributed by atoms with Crippen LogP contribution in [0.5, 0.6) is 0 Å². The molecule has 0 unspecified atom stereocenters. The SMILES string of the molecule is O=C(NC1(CO)CCCCC1)c1cc(F)ccc1F. The summed E-state index contributed by atoms with van der Waals surface area (Å²) in [5.41, 5.74) is -1.02. The van der Waals surface area contributed by atoms with Gasteiger partial charge in [0.05, 0.1) is 17.7 Å². The van der Waals surface area contributed by atoms with E-state index in [0.717, 1.165) is 37.5 Å². The summed E-state index contributed by atoms with van der Waals surface area (Å²) in [6.07, 6.45) is 4.20. The topological polar surface area (TPSA) is 49.3 Å². The number of aliphatic hydroxyl groups is 1. The first-order chi connectivity index (χ1) is 9.06. The van der Waals surface area contributed by atoms with Crippen LogP contribution in [0.15, 0.2) is 18.2 Å². The maximum Gasteiger partial charge on any atom is 0.254 e. The molecule has 2 rings (SSSR count). The molecule has 0 bridgehead atoms. The van der Waals surface area contributed by atoms with Crippen LogP contribution < -0.4 is 5.32 Å². The van der Waals surface area contributed by atoms with E-state index in [1.54, 1.807) is 0 Å². The lowest BCUT2D eigenvalue weighted by Gasteiger charge is -2.36. The monoisotopic (exact) mass is 269 g/mol. The van der Waals surface area contributed by atoms with Gasteiger partial charge in [-0.05, 0) is 31.0 Å². The summed E-state index contributed by atoms with van der Waals surface area (Å²) in [4.78, 5) is 12.0. The minimum Gasteiger partial charge on any atom is -0.394 e. The Morgan fingerprint density at radius 2 is 1.95 bits per heavy atom. The molecule has 0 heterocycles. The molecule has 0 atom stereocenters. The summed E-state index contributed by atoms with van der Waals surface area (Å²) in [6.45, 7) is -0.185. The van der Waals surface area contributed by atoms with Crippen molar-refractivity contribution in [2.75, 3.05) is 6.61 Å². The molecular weight excluding hydrogens is 252 g/mol. The lowest BCUT2D eigenvalue weighted by Crippen LogP contribution is -2.52. The van der Waals surface area contributed by atoms with E-state index in [4.69, 9.17) is 0 Å². The zero-order valence-corrected chi connectivity index (χ0v) is 10.6. The minimum atomic E-state index is -0.761. The summed E-state index contributed by atoms with van der Waals surface area (Å²) in [6, 6.07) is 2.77. The number of benzene rings is 1. The lowest BCUT2D eigenvalue weighted by atomic mass is 9.82. The van der Waals surface area contributed by atoms with Gasteiger partial charge in [-0.2, -0.15) is 0 Å². The van der Waals surface area contributed by atoms with Crippen molar-refractivity contribution in [3.05, 3.63) is 35.4 Å². The normalized spacial score (nSPS) is 18.1. The quantitative estimate of drug-likeness (QED) is 0.885. The third-order valence-corrected chi connectivity index (χ3v) is 3.67. The highest BCUT2D eigenvalue weighted by molar-refractivity contribution is 5.95. The van der Waals surface area contributed by atoms with Crippen LogP contribution in [0.25, 0.3) is 0 Å². The number of carbonyl (C=O) groups excluding carboxylic acids is 1. The largest absolute Gasteiger partial charge is 0.394 e. The van der Waals surface area contributed by atoms with E-state index < -0.39 is 23.1 Å². The molecule has 0 aliphatic heterocycles. The number of hydrogen-bond acceptors (Lipinski definition) is 2. The van der Waals surface area contributed by atoms with Gasteiger partial charge in [0.2, 0.25) is 0 Å². The molecule has 1 aromatic carbocycles. The summed E-state index contributed by atoms with van der Waals surface area (Å²) in [5, 5.41) is 12.1. The second-order valence-electron chi connectivity index (χ2n) is 5.08. The van der Waals surface area contributed by atoms with E-state index in [1.807, 2.05) is 0 Å². The van der Waals surface area contributed by atoms with Gasteiger partial charge in [-0.15, -0.1) is 0 Å². The Kier molecular flexibility index (Phi) is 4.14.